The van der Waals surface area contributed by atoms with Crippen LogP contribution in [-0.4, -0.2) is 8.42 Å². The maximum absolute atomic E-state index is 12.4. The molecular weight excluding hydrogens is 258 g/mol. The molecule has 0 aliphatic carbocycles. The molecule has 0 fully saturated rings. The second-order valence-corrected chi connectivity index (χ2v) is 6.70. The second kappa shape index (κ2) is 5.05. The lowest BCUT2D eigenvalue weighted by atomic mass is 10.1. The second-order valence-electron chi connectivity index (χ2n) is 4.71. The Kier molecular flexibility index (Phi) is 3.62. The fourth-order valence-electron chi connectivity index (χ4n) is 1.96. The third-order valence-electron chi connectivity index (χ3n) is 3.18. The number of anilines is 1. The highest BCUT2D eigenvalue weighted by molar-refractivity contribution is 7.90. The summed E-state index contributed by atoms with van der Waals surface area (Å²) >= 11 is 0. The fraction of sp³-hybridized carbons (Fsp3) is 0.200. The van der Waals surface area contributed by atoms with Crippen LogP contribution in [0.25, 0.3) is 0 Å². The van der Waals surface area contributed by atoms with Gasteiger partial charge in [0.1, 0.15) is 0 Å². The standard InChI is InChI=1S/C15H17NO2S/c1-11-5-3-7-14(9-11)19(17,18)10-13-6-4-8-15(16)12(13)2/h3-9H,10,16H2,1-2H3. The summed E-state index contributed by atoms with van der Waals surface area (Å²) in [7, 11) is -3.33. The van der Waals surface area contributed by atoms with Crippen LogP contribution in [0.15, 0.2) is 47.4 Å². The zero-order valence-corrected chi connectivity index (χ0v) is 11.9. The molecule has 0 bridgehead atoms. The van der Waals surface area contributed by atoms with Gasteiger partial charge in [0.2, 0.25) is 0 Å². The van der Waals surface area contributed by atoms with Crippen LogP contribution in [0, 0.1) is 13.8 Å². The molecule has 4 heteroatoms. The number of benzene rings is 2. The molecule has 2 aromatic rings. The SMILES string of the molecule is Cc1cccc(S(=O)(=O)Cc2cccc(N)c2C)c1. The Bertz CT molecular complexity index is 706. The molecular formula is C15H17NO2S. The van der Waals surface area contributed by atoms with E-state index in [2.05, 4.69) is 0 Å². The van der Waals surface area contributed by atoms with Crippen LogP contribution >= 0.6 is 0 Å². The molecule has 0 spiro atoms. The summed E-state index contributed by atoms with van der Waals surface area (Å²) in [5.41, 5.74) is 8.95. The zero-order valence-electron chi connectivity index (χ0n) is 11.1. The molecule has 0 unspecified atom stereocenters. The number of sulfone groups is 1. The van der Waals surface area contributed by atoms with Crippen LogP contribution < -0.4 is 5.73 Å². The maximum atomic E-state index is 12.4. The van der Waals surface area contributed by atoms with Gasteiger partial charge in [-0.25, -0.2) is 8.42 Å². The Balaban J connectivity index is 2.39. The Labute approximate surface area is 114 Å². The Morgan fingerprint density at radius 2 is 1.74 bits per heavy atom. The van der Waals surface area contributed by atoms with Crippen LogP contribution in [0.1, 0.15) is 16.7 Å². The van der Waals surface area contributed by atoms with Crippen LogP contribution in [0.5, 0.6) is 0 Å². The van der Waals surface area contributed by atoms with Crippen molar-refractivity contribution >= 4 is 15.5 Å². The molecule has 0 aromatic heterocycles. The lowest BCUT2D eigenvalue weighted by Gasteiger charge is -2.09. The van der Waals surface area contributed by atoms with Crippen molar-refractivity contribution in [2.75, 3.05) is 5.73 Å². The third-order valence-corrected chi connectivity index (χ3v) is 4.85. The summed E-state index contributed by atoms with van der Waals surface area (Å²) in [6, 6.07) is 12.3. The van der Waals surface area contributed by atoms with E-state index in [-0.39, 0.29) is 5.75 Å². The Morgan fingerprint density at radius 1 is 1.05 bits per heavy atom. The monoisotopic (exact) mass is 275 g/mol. The van der Waals surface area contributed by atoms with Crippen molar-refractivity contribution in [1.29, 1.82) is 0 Å². The van der Waals surface area contributed by atoms with Crippen LogP contribution in [0.3, 0.4) is 0 Å². The van der Waals surface area contributed by atoms with E-state index in [9.17, 15) is 8.42 Å². The van der Waals surface area contributed by atoms with Gasteiger partial charge in [-0.2, -0.15) is 0 Å². The Morgan fingerprint density at radius 3 is 2.42 bits per heavy atom. The molecule has 0 radical (unpaired) electrons. The number of hydrogen-bond donors (Lipinski definition) is 1. The van der Waals surface area contributed by atoms with Gasteiger partial charge in [0, 0.05) is 5.69 Å². The van der Waals surface area contributed by atoms with E-state index in [4.69, 9.17) is 5.73 Å². The van der Waals surface area contributed by atoms with E-state index >= 15 is 0 Å². The summed E-state index contributed by atoms with van der Waals surface area (Å²) in [5, 5.41) is 0. The smallest absolute Gasteiger partial charge is 0.182 e. The van der Waals surface area contributed by atoms with Gasteiger partial charge in [-0.1, -0.05) is 24.3 Å². The summed E-state index contributed by atoms with van der Waals surface area (Å²) in [4.78, 5) is 0.356. The molecule has 0 atom stereocenters. The average Bonchev–Trinajstić information content (AvgIpc) is 2.35. The summed E-state index contributed by atoms with van der Waals surface area (Å²) < 4.78 is 24.8. The molecule has 0 amide bonds. The first kappa shape index (κ1) is 13.6. The highest BCUT2D eigenvalue weighted by Crippen LogP contribution is 2.22. The van der Waals surface area contributed by atoms with Gasteiger partial charge in [0.05, 0.1) is 10.6 Å². The molecule has 2 rings (SSSR count). The lowest BCUT2D eigenvalue weighted by molar-refractivity contribution is 0.595. The van der Waals surface area contributed by atoms with Crippen molar-refractivity contribution in [3.05, 3.63) is 59.2 Å². The van der Waals surface area contributed by atoms with Gasteiger partial charge in [0.15, 0.2) is 9.84 Å². The van der Waals surface area contributed by atoms with Gasteiger partial charge in [-0.05, 0) is 48.7 Å². The first-order valence-electron chi connectivity index (χ1n) is 6.03. The van der Waals surface area contributed by atoms with Crippen molar-refractivity contribution in [3.63, 3.8) is 0 Å². The van der Waals surface area contributed by atoms with Gasteiger partial charge < -0.3 is 5.73 Å². The number of rotatable bonds is 3. The lowest BCUT2D eigenvalue weighted by Crippen LogP contribution is -2.07. The fourth-order valence-corrected chi connectivity index (χ4v) is 3.50. The van der Waals surface area contributed by atoms with Gasteiger partial charge in [0.25, 0.3) is 0 Å². The zero-order chi connectivity index (χ0) is 14.0. The first-order chi connectivity index (χ1) is 8.90. The number of nitrogen functional groups attached to an aromatic ring is 1. The van der Waals surface area contributed by atoms with E-state index in [1.807, 2.05) is 19.9 Å². The van der Waals surface area contributed by atoms with Gasteiger partial charge >= 0.3 is 0 Å². The quantitative estimate of drug-likeness (QED) is 0.876. The Hall–Kier alpha value is -1.81. The predicted molar refractivity (Wildman–Crippen MR) is 77.7 cm³/mol. The van der Waals surface area contributed by atoms with Crippen LogP contribution in [0.2, 0.25) is 0 Å². The molecule has 0 saturated carbocycles. The minimum atomic E-state index is -3.33. The number of nitrogens with two attached hydrogens (primary N) is 1. The maximum Gasteiger partial charge on any atom is 0.182 e. The van der Waals surface area contributed by atoms with Crippen LogP contribution in [0.4, 0.5) is 5.69 Å². The molecule has 0 aliphatic heterocycles. The highest BCUT2D eigenvalue weighted by atomic mass is 32.2. The third kappa shape index (κ3) is 2.96. The molecule has 0 heterocycles. The molecule has 19 heavy (non-hydrogen) atoms. The molecule has 0 saturated heterocycles. The predicted octanol–water partition coefficient (Wildman–Crippen LogP) is 2.86. The highest BCUT2D eigenvalue weighted by Gasteiger charge is 2.17. The molecule has 100 valence electrons. The van der Waals surface area contributed by atoms with Gasteiger partial charge in [-0.15, -0.1) is 0 Å². The number of hydrogen-bond acceptors (Lipinski definition) is 3. The largest absolute Gasteiger partial charge is 0.399 e. The van der Waals surface area contributed by atoms with Crippen molar-refractivity contribution in [2.45, 2.75) is 24.5 Å². The van der Waals surface area contributed by atoms with Crippen molar-refractivity contribution < 1.29 is 8.42 Å². The van der Waals surface area contributed by atoms with Gasteiger partial charge in [-0.3, -0.25) is 0 Å². The van der Waals surface area contributed by atoms with Crippen LogP contribution in [-0.2, 0) is 15.6 Å². The topological polar surface area (TPSA) is 60.2 Å². The molecule has 2 N–H and O–H groups in total. The van der Waals surface area contributed by atoms with Crippen molar-refractivity contribution in [1.82, 2.24) is 0 Å². The number of aryl methyl sites for hydroxylation is 1. The minimum absolute atomic E-state index is 0.0205. The summed E-state index contributed by atoms with van der Waals surface area (Å²) in [6.45, 7) is 3.72. The van der Waals surface area contributed by atoms with Crippen molar-refractivity contribution in [3.8, 4) is 0 Å². The van der Waals surface area contributed by atoms with E-state index in [1.165, 1.54) is 0 Å². The summed E-state index contributed by atoms with van der Waals surface area (Å²) in [6.07, 6.45) is 0. The van der Waals surface area contributed by atoms with E-state index in [0.29, 0.717) is 10.6 Å². The summed E-state index contributed by atoms with van der Waals surface area (Å²) in [5.74, 6) is -0.0205. The first-order valence-corrected chi connectivity index (χ1v) is 7.69. The van der Waals surface area contributed by atoms with E-state index in [1.54, 1.807) is 36.4 Å². The average molecular weight is 275 g/mol. The van der Waals surface area contributed by atoms with E-state index < -0.39 is 9.84 Å². The minimum Gasteiger partial charge on any atom is -0.399 e. The molecule has 0 aliphatic rings. The van der Waals surface area contributed by atoms with Crippen molar-refractivity contribution in [2.24, 2.45) is 0 Å². The van der Waals surface area contributed by atoms with E-state index in [0.717, 1.165) is 16.7 Å². The normalized spacial score (nSPS) is 11.5. The molecule has 2 aromatic carbocycles. The molecule has 3 nitrogen and oxygen atoms in total.